The van der Waals surface area contributed by atoms with E-state index in [1.165, 1.54) is 24.5 Å². The van der Waals surface area contributed by atoms with Crippen molar-refractivity contribution in [3.8, 4) is 0 Å². The third kappa shape index (κ3) is 4.06. The van der Waals surface area contributed by atoms with Crippen molar-refractivity contribution in [3.05, 3.63) is 17.0 Å². The summed E-state index contributed by atoms with van der Waals surface area (Å²) in [6.07, 6.45) is -0.843. The first-order chi connectivity index (χ1) is 8.75. The van der Waals surface area contributed by atoms with Crippen LogP contribution in [0.5, 0.6) is 0 Å². The standard InChI is InChI=1S/C12H16N2O4S/c1-12(2,3)10(16)14-9-7(5-6-19-9)8(15)13-11(17)18-4/h5-6H,1-4H3,(H,14,16)(H,13,15,17). The lowest BCUT2D eigenvalue weighted by atomic mass is 9.96. The Labute approximate surface area is 115 Å². The van der Waals surface area contributed by atoms with Crippen molar-refractivity contribution in [2.75, 3.05) is 12.4 Å². The summed E-state index contributed by atoms with van der Waals surface area (Å²) in [4.78, 5) is 34.6. The minimum atomic E-state index is -0.843. The number of methoxy groups -OCH3 is 1. The van der Waals surface area contributed by atoms with E-state index in [2.05, 4.69) is 10.1 Å². The van der Waals surface area contributed by atoms with Gasteiger partial charge in [0.05, 0.1) is 12.7 Å². The number of alkyl carbamates (subject to hydrolysis) is 1. The van der Waals surface area contributed by atoms with Gasteiger partial charge in [-0.25, -0.2) is 4.79 Å². The zero-order valence-electron chi connectivity index (χ0n) is 11.2. The van der Waals surface area contributed by atoms with Crippen LogP contribution in [-0.4, -0.2) is 25.0 Å². The molecule has 0 saturated carbocycles. The average Bonchev–Trinajstić information content (AvgIpc) is 2.75. The first-order valence-electron chi connectivity index (χ1n) is 5.54. The first kappa shape index (κ1) is 15.2. The number of carbonyl (C=O) groups is 3. The lowest BCUT2D eigenvalue weighted by Crippen LogP contribution is -2.32. The van der Waals surface area contributed by atoms with Crippen LogP contribution in [0, 0.1) is 5.41 Å². The number of carbonyl (C=O) groups excluding carboxylic acids is 3. The molecule has 1 aromatic heterocycles. The van der Waals surface area contributed by atoms with Gasteiger partial charge in [-0.15, -0.1) is 11.3 Å². The Kier molecular flexibility index (Phi) is 4.66. The van der Waals surface area contributed by atoms with Gasteiger partial charge in [0.1, 0.15) is 5.00 Å². The highest BCUT2D eigenvalue weighted by Gasteiger charge is 2.24. The van der Waals surface area contributed by atoms with Gasteiger partial charge in [-0.1, -0.05) is 20.8 Å². The Bertz CT molecular complexity index is 502. The number of nitrogens with one attached hydrogen (secondary N) is 2. The van der Waals surface area contributed by atoms with E-state index in [9.17, 15) is 14.4 Å². The molecule has 104 valence electrons. The van der Waals surface area contributed by atoms with Crippen LogP contribution in [0.25, 0.3) is 0 Å². The molecule has 0 spiro atoms. The van der Waals surface area contributed by atoms with Gasteiger partial charge in [-0.2, -0.15) is 0 Å². The molecule has 19 heavy (non-hydrogen) atoms. The highest BCUT2D eigenvalue weighted by Crippen LogP contribution is 2.25. The Hall–Kier alpha value is -1.89. The fourth-order valence-corrected chi connectivity index (χ4v) is 1.87. The van der Waals surface area contributed by atoms with Gasteiger partial charge < -0.3 is 10.1 Å². The molecular formula is C12H16N2O4S. The minimum Gasteiger partial charge on any atom is -0.453 e. The lowest BCUT2D eigenvalue weighted by Gasteiger charge is -2.17. The van der Waals surface area contributed by atoms with Crippen LogP contribution in [0.4, 0.5) is 9.80 Å². The number of anilines is 1. The second-order valence-corrected chi connectivity index (χ2v) is 5.73. The number of hydrogen-bond donors (Lipinski definition) is 2. The van der Waals surface area contributed by atoms with Crippen molar-refractivity contribution < 1.29 is 19.1 Å². The van der Waals surface area contributed by atoms with Crippen molar-refractivity contribution >= 4 is 34.2 Å². The molecule has 0 saturated heterocycles. The summed E-state index contributed by atoms with van der Waals surface area (Å²) in [7, 11) is 1.17. The number of rotatable bonds is 2. The smallest absolute Gasteiger partial charge is 0.413 e. The molecule has 1 rings (SSSR count). The maximum absolute atomic E-state index is 11.9. The van der Waals surface area contributed by atoms with Gasteiger partial charge in [0.15, 0.2) is 0 Å². The van der Waals surface area contributed by atoms with Crippen LogP contribution < -0.4 is 10.6 Å². The molecule has 0 radical (unpaired) electrons. The molecule has 7 heteroatoms. The third-order valence-electron chi connectivity index (χ3n) is 2.22. The molecule has 0 aliphatic heterocycles. The first-order valence-corrected chi connectivity index (χ1v) is 6.42. The van der Waals surface area contributed by atoms with Crippen LogP contribution in [0.1, 0.15) is 31.1 Å². The molecule has 3 amide bonds. The van der Waals surface area contributed by atoms with Gasteiger partial charge in [-0.05, 0) is 11.4 Å². The SMILES string of the molecule is COC(=O)NC(=O)c1ccsc1NC(=O)C(C)(C)C. The van der Waals surface area contributed by atoms with E-state index in [4.69, 9.17) is 0 Å². The largest absolute Gasteiger partial charge is 0.453 e. The van der Waals surface area contributed by atoms with Gasteiger partial charge in [0.2, 0.25) is 5.91 Å². The van der Waals surface area contributed by atoms with Crippen LogP contribution in [0.2, 0.25) is 0 Å². The summed E-state index contributed by atoms with van der Waals surface area (Å²) in [6, 6.07) is 1.53. The normalized spacial score (nSPS) is 10.7. The molecule has 0 aliphatic carbocycles. The molecule has 0 aromatic carbocycles. The van der Waals surface area contributed by atoms with Crippen LogP contribution >= 0.6 is 11.3 Å². The van der Waals surface area contributed by atoms with Gasteiger partial charge in [0, 0.05) is 5.41 Å². The molecule has 6 nitrogen and oxygen atoms in total. The van der Waals surface area contributed by atoms with Crippen molar-refractivity contribution in [1.82, 2.24) is 5.32 Å². The molecule has 0 atom stereocenters. The second-order valence-electron chi connectivity index (χ2n) is 4.81. The fourth-order valence-electron chi connectivity index (χ4n) is 1.09. The Balaban J connectivity index is 2.84. The van der Waals surface area contributed by atoms with Gasteiger partial charge in [-0.3, -0.25) is 14.9 Å². The van der Waals surface area contributed by atoms with E-state index in [0.29, 0.717) is 5.00 Å². The van der Waals surface area contributed by atoms with E-state index in [1.54, 1.807) is 26.2 Å². The molecular weight excluding hydrogens is 268 g/mol. The average molecular weight is 284 g/mol. The van der Waals surface area contributed by atoms with Crippen molar-refractivity contribution in [1.29, 1.82) is 0 Å². The predicted molar refractivity (Wildman–Crippen MR) is 72.3 cm³/mol. The third-order valence-corrected chi connectivity index (χ3v) is 3.05. The van der Waals surface area contributed by atoms with E-state index in [0.717, 1.165) is 0 Å². The maximum atomic E-state index is 11.9. The molecule has 0 unspecified atom stereocenters. The topological polar surface area (TPSA) is 84.5 Å². The summed E-state index contributed by atoms with van der Waals surface area (Å²) < 4.78 is 4.34. The monoisotopic (exact) mass is 284 g/mol. The second kappa shape index (κ2) is 5.83. The summed E-state index contributed by atoms with van der Waals surface area (Å²) >= 11 is 1.21. The highest BCUT2D eigenvalue weighted by molar-refractivity contribution is 7.14. The highest BCUT2D eigenvalue weighted by atomic mass is 32.1. The van der Waals surface area contributed by atoms with E-state index in [-0.39, 0.29) is 11.5 Å². The molecule has 2 N–H and O–H groups in total. The van der Waals surface area contributed by atoms with Gasteiger partial charge >= 0.3 is 6.09 Å². The summed E-state index contributed by atoms with van der Waals surface area (Å²) in [5, 5.41) is 6.77. The van der Waals surface area contributed by atoms with Gasteiger partial charge in [0.25, 0.3) is 5.91 Å². The van der Waals surface area contributed by atoms with Crippen LogP contribution in [-0.2, 0) is 9.53 Å². The van der Waals surface area contributed by atoms with Crippen LogP contribution in [0.3, 0.4) is 0 Å². The minimum absolute atomic E-state index is 0.206. The maximum Gasteiger partial charge on any atom is 0.413 e. The van der Waals surface area contributed by atoms with Crippen molar-refractivity contribution in [2.24, 2.45) is 5.41 Å². The number of thiophene rings is 1. The van der Waals surface area contributed by atoms with Crippen molar-refractivity contribution in [2.45, 2.75) is 20.8 Å². The molecule has 0 bridgehead atoms. The Morgan fingerprint density at radius 2 is 1.89 bits per heavy atom. The predicted octanol–water partition coefficient (Wildman–Crippen LogP) is 2.23. The van der Waals surface area contributed by atoms with E-state index in [1.807, 2.05) is 5.32 Å². The van der Waals surface area contributed by atoms with Crippen LogP contribution in [0.15, 0.2) is 11.4 Å². The summed E-state index contributed by atoms with van der Waals surface area (Å²) in [5.74, 6) is -0.820. The Morgan fingerprint density at radius 1 is 1.26 bits per heavy atom. The molecule has 0 aliphatic rings. The summed E-state index contributed by atoms with van der Waals surface area (Å²) in [6.45, 7) is 5.30. The molecule has 1 aromatic rings. The lowest BCUT2D eigenvalue weighted by molar-refractivity contribution is -0.123. The summed E-state index contributed by atoms with van der Waals surface area (Å²) in [5.41, 5.74) is -0.340. The fraction of sp³-hybridized carbons (Fsp3) is 0.417. The van der Waals surface area contributed by atoms with E-state index < -0.39 is 17.4 Å². The zero-order valence-corrected chi connectivity index (χ0v) is 12.0. The quantitative estimate of drug-likeness (QED) is 0.872. The van der Waals surface area contributed by atoms with E-state index >= 15 is 0 Å². The molecule has 0 fully saturated rings. The number of ether oxygens (including phenoxy) is 1. The van der Waals surface area contributed by atoms with Crippen molar-refractivity contribution in [3.63, 3.8) is 0 Å². The number of imide groups is 1. The number of amides is 3. The molecule has 1 heterocycles. The zero-order chi connectivity index (χ0) is 14.6. The Morgan fingerprint density at radius 3 is 2.42 bits per heavy atom. The number of hydrogen-bond acceptors (Lipinski definition) is 5.